The molecule has 0 saturated carbocycles. The molecule has 0 amide bonds. The number of benzene rings is 1. The molecule has 1 aliphatic rings. The van der Waals surface area contributed by atoms with Crippen molar-refractivity contribution in [2.45, 2.75) is 31.1 Å². The maximum Gasteiger partial charge on any atom is 0.191 e. The lowest BCUT2D eigenvalue weighted by atomic mass is 10.1. The second-order valence-electron chi connectivity index (χ2n) is 6.50. The lowest BCUT2D eigenvalue weighted by Crippen LogP contribution is -2.38. The standard InChI is InChI=1S/C20H32FN3O2S/c1-2-22-20(23-10-3-12-25-15-17-9-13-26-16-17)24-11-4-14-27-19-7-5-18(21)6-8-19/h5-8,17H,2-4,9-16H2,1H3,(H2,22,23,24). The SMILES string of the molecule is CCNC(=NCCCSc1ccc(F)cc1)NCCCOCC1CCOC1. The smallest absolute Gasteiger partial charge is 0.191 e. The third kappa shape index (κ3) is 9.98. The molecule has 1 saturated heterocycles. The monoisotopic (exact) mass is 397 g/mol. The lowest BCUT2D eigenvalue weighted by molar-refractivity contribution is 0.0888. The molecule has 2 N–H and O–H groups in total. The highest BCUT2D eigenvalue weighted by Gasteiger charge is 2.15. The highest BCUT2D eigenvalue weighted by Crippen LogP contribution is 2.18. The topological polar surface area (TPSA) is 54.9 Å². The molecule has 7 heteroatoms. The summed E-state index contributed by atoms with van der Waals surface area (Å²) in [6.07, 6.45) is 3.05. The van der Waals surface area contributed by atoms with Crippen LogP contribution in [0.1, 0.15) is 26.2 Å². The summed E-state index contributed by atoms with van der Waals surface area (Å²) in [4.78, 5) is 5.70. The number of guanidine groups is 1. The van der Waals surface area contributed by atoms with Gasteiger partial charge in [-0.05, 0) is 56.2 Å². The van der Waals surface area contributed by atoms with E-state index in [-0.39, 0.29) is 5.82 Å². The van der Waals surface area contributed by atoms with Crippen LogP contribution in [0.4, 0.5) is 4.39 Å². The third-order valence-corrected chi connectivity index (χ3v) is 5.23. The van der Waals surface area contributed by atoms with Gasteiger partial charge >= 0.3 is 0 Å². The van der Waals surface area contributed by atoms with E-state index in [1.807, 2.05) is 12.1 Å². The van der Waals surface area contributed by atoms with Gasteiger partial charge in [-0.15, -0.1) is 11.8 Å². The second-order valence-corrected chi connectivity index (χ2v) is 7.67. The van der Waals surface area contributed by atoms with E-state index in [9.17, 15) is 4.39 Å². The summed E-state index contributed by atoms with van der Waals surface area (Å²) in [6.45, 7) is 7.80. The van der Waals surface area contributed by atoms with Crippen LogP contribution >= 0.6 is 11.8 Å². The Balaban J connectivity index is 1.52. The molecule has 1 heterocycles. The van der Waals surface area contributed by atoms with Gasteiger partial charge in [0.25, 0.3) is 0 Å². The first kappa shape index (κ1) is 22.0. The summed E-state index contributed by atoms with van der Waals surface area (Å²) >= 11 is 1.73. The Morgan fingerprint density at radius 3 is 2.89 bits per heavy atom. The number of hydrogen-bond acceptors (Lipinski definition) is 4. The number of nitrogens with zero attached hydrogens (tertiary/aromatic N) is 1. The van der Waals surface area contributed by atoms with E-state index in [0.717, 1.165) is 81.9 Å². The Bertz CT molecular complexity index is 537. The van der Waals surface area contributed by atoms with E-state index < -0.39 is 0 Å². The Morgan fingerprint density at radius 1 is 1.30 bits per heavy atom. The Kier molecular flexibility index (Phi) is 11.2. The number of ether oxygens (including phenoxy) is 2. The van der Waals surface area contributed by atoms with Gasteiger partial charge in [0.1, 0.15) is 5.82 Å². The van der Waals surface area contributed by atoms with Crippen LogP contribution in [-0.4, -0.2) is 57.8 Å². The molecule has 5 nitrogen and oxygen atoms in total. The van der Waals surface area contributed by atoms with Crippen molar-refractivity contribution in [3.05, 3.63) is 30.1 Å². The minimum Gasteiger partial charge on any atom is -0.381 e. The zero-order valence-corrected chi connectivity index (χ0v) is 17.0. The van der Waals surface area contributed by atoms with Crippen molar-refractivity contribution in [1.29, 1.82) is 0 Å². The Labute approximate surface area is 166 Å². The van der Waals surface area contributed by atoms with Crippen molar-refractivity contribution in [3.63, 3.8) is 0 Å². The summed E-state index contributed by atoms with van der Waals surface area (Å²) in [6, 6.07) is 6.63. The van der Waals surface area contributed by atoms with Crippen molar-refractivity contribution < 1.29 is 13.9 Å². The number of rotatable bonds is 12. The fraction of sp³-hybridized carbons (Fsp3) is 0.650. The number of nitrogens with one attached hydrogen (secondary N) is 2. The molecule has 2 rings (SSSR count). The highest BCUT2D eigenvalue weighted by atomic mass is 32.2. The normalized spacial score (nSPS) is 17.3. The van der Waals surface area contributed by atoms with Crippen LogP contribution in [0.15, 0.2) is 34.2 Å². The molecule has 1 aliphatic heterocycles. The van der Waals surface area contributed by atoms with E-state index in [1.54, 1.807) is 11.8 Å². The van der Waals surface area contributed by atoms with Crippen LogP contribution in [0.2, 0.25) is 0 Å². The van der Waals surface area contributed by atoms with Crippen molar-refractivity contribution in [1.82, 2.24) is 10.6 Å². The maximum atomic E-state index is 12.9. The van der Waals surface area contributed by atoms with Gasteiger partial charge in [-0.2, -0.15) is 0 Å². The van der Waals surface area contributed by atoms with E-state index in [1.165, 1.54) is 12.1 Å². The van der Waals surface area contributed by atoms with Crippen LogP contribution in [-0.2, 0) is 9.47 Å². The van der Waals surface area contributed by atoms with Gasteiger partial charge in [-0.3, -0.25) is 4.99 Å². The van der Waals surface area contributed by atoms with Crippen molar-refractivity contribution >= 4 is 17.7 Å². The molecule has 0 aliphatic carbocycles. The average Bonchev–Trinajstić information content (AvgIpc) is 3.19. The molecule has 0 aromatic heterocycles. The first-order valence-electron chi connectivity index (χ1n) is 9.84. The molecule has 0 bridgehead atoms. The largest absolute Gasteiger partial charge is 0.381 e. The lowest BCUT2D eigenvalue weighted by Gasteiger charge is -2.12. The number of halogens is 1. The summed E-state index contributed by atoms with van der Waals surface area (Å²) < 4.78 is 23.9. The van der Waals surface area contributed by atoms with Crippen LogP contribution in [0.5, 0.6) is 0 Å². The van der Waals surface area contributed by atoms with Crippen molar-refractivity contribution in [2.24, 2.45) is 10.9 Å². The van der Waals surface area contributed by atoms with Gasteiger partial charge in [0.2, 0.25) is 0 Å². The molecule has 1 aromatic rings. The van der Waals surface area contributed by atoms with Crippen LogP contribution < -0.4 is 10.6 Å². The van der Waals surface area contributed by atoms with E-state index in [0.29, 0.717) is 5.92 Å². The quantitative estimate of drug-likeness (QED) is 0.245. The highest BCUT2D eigenvalue weighted by molar-refractivity contribution is 7.99. The third-order valence-electron chi connectivity index (χ3n) is 4.13. The van der Waals surface area contributed by atoms with Gasteiger partial charge < -0.3 is 20.1 Å². The summed E-state index contributed by atoms with van der Waals surface area (Å²) in [5, 5.41) is 6.62. The zero-order valence-electron chi connectivity index (χ0n) is 16.2. The van der Waals surface area contributed by atoms with Crippen LogP contribution in [0.3, 0.4) is 0 Å². The predicted molar refractivity (Wildman–Crippen MR) is 110 cm³/mol. The fourth-order valence-corrected chi connectivity index (χ4v) is 3.50. The van der Waals surface area contributed by atoms with Gasteiger partial charge in [0.05, 0.1) is 13.2 Å². The van der Waals surface area contributed by atoms with Gasteiger partial charge in [0, 0.05) is 43.7 Å². The minimum atomic E-state index is -0.191. The average molecular weight is 398 g/mol. The number of aliphatic imine (C=N–C) groups is 1. The molecular weight excluding hydrogens is 365 g/mol. The molecule has 1 atom stereocenters. The molecule has 0 spiro atoms. The second kappa shape index (κ2) is 13.8. The first-order valence-corrected chi connectivity index (χ1v) is 10.8. The van der Waals surface area contributed by atoms with E-state index >= 15 is 0 Å². The molecule has 1 fully saturated rings. The number of thioether (sulfide) groups is 1. The zero-order chi connectivity index (χ0) is 19.2. The maximum absolute atomic E-state index is 12.9. The summed E-state index contributed by atoms with van der Waals surface area (Å²) in [5.74, 6) is 2.20. The predicted octanol–water partition coefficient (Wildman–Crippen LogP) is 3.31. The molecular formula is C20H32FN3O2S. The van der Waals surface area contributed by atoms with Crippen molar-refractivity contribution in [3.8, 4) is 0 Å². The summed E-state index contributed by atoms with van der Waals surface area (Å²) in [5.41, 5.74) is 0. The van der Waals surface area contributed by atoms with E-state index in [4.69, 9.17) is 9.47 Å². The number of hydrogen-bond donors (Lipinski definition) is 2. The first-order chi connectivity index (χ1) is 13.3. The van der Waals surface area contributed by atoms with Crippen molar-refractivity contribution in [2.75, 3.05) is 51.8 Å². The summed E-state index contributed by atoms with van der Waals surface area (Å²) in [7, 11) is 0. The fourth-order valence-electron chi connectivity index (χ4n) is 2.66. The minimum absolute atomic E-state index is 0.191. The molecule has 152 valence electrons. The van der Waals surface area contributed by atoms with Gasteiger partial charge in [-0.1, -0.05) is 0 Å². The van der Waals surface area contributed by atoms with Crippen LogP contribution in [0, 0.1) is 11.7 Å². The molecule has 1 unspecified atom stereocenters. The van der Waals surface area contributed by atoms with Gasteiger partial charge in [0.15, 0.2) is 5.96 Å². The van der Waals surface area contributed by atoms with E-state index in [2.05, 4.69) is 22.5 Å². The molecule has 1 aromatic carbocycles. The Hall–Kier alpha value is -1.31. The van der Waals surface area contributed by atoms with Gasteiger partial charge in [-0.25, -0.2) is 4.39 Å². The molecule has 27 heavy (non-hydrogen) atoms. The molecule has 0 radical (unpaired) electrons. The Morgan fingerprint density at radius 2 is 2.15 bits per heavy atom. The van der Waals surface area contributed by atoms with Crippen LogP contribution in [0.25, 0.3) is 0 Å².